The number of rotatable bonds is 1. The van der Waals surface area contributed by atoms with Gasteiger partial charge < -0.3 is 5.11 Å². The second-order valence-electron chi connectivity index (χ2n) is 5.09. The Kier molecular flexibility index (Phi) is 2.80. The summed E-state index contributed by atoms with van der Waals surface area (Å²) in [7, 11) is 0. The first-order valence-corrected chi connectivity index (χ1v) is 5.93. The maximum absolute atomic E-state index is 11.0. The first kappa shape index (κ1) is 10.0. The van der Waals surface area contributed by atoms with E-state index >= 15 is 0 Å². The highest BCUT2D eigenvalue weighted by molar-refractivity contribution is 5.70. The van der Waals surface area contributed by atoms with Crippen molar-refractivity contribution in [3.63, 3.8) is 0 Å². The van der Waals surface area contributed by atoms with E-state index in [1.807, 2.05) is 0 Å². The van der Waals surface area contributed by atoms with Gasteiger partial charge in [-0.2, -0.15) is 0 Å². The predicted octanol–water partition coefficient (Wildman–Crippen LogP) is 2.92. The van der Waals surface area contributed by atoms with E-state index in [9.17, 15) is 4.79 Å². The molecule has 0 heterocycles. The number of aliphatic carboxylic acids is 1. The molecule has 0 saturated heterocycles. The largest absolute Gasteiger partial charge is 0.481 e. The molecule has 0 aromatic heterocycles. The van der Waals surface area contributed by atoms with Crippen LogP contribution < -0.4 is 0 Å². The SMILES string of the molecule is CC1C(C(=O)O)CCC2CCCCC21. The zero-order valence-corrected chi connectivity index (χ0v) is 8.91. The molecule has 0 spiro atoms. The Bertz CT molecular complexity index is 224. The van der Waals surface area contributed by atoms with Crippen LogP contribution in [0.25, 0.3) is 0 Å². The molecule has 1 N–H and O–H groups in total. The van der Waals surface area contributed by atoms with E-state index < -0.39 is 5.97 Å². The molecule has 4 atom stereocenters. The van der Waals surface area contributed by atoms with Crippen molar-refractivity contribution in [2.75, 3.05) is 0 Å². The van der Waals surface area contributed by atoms with Gasteiger partial charge in [0.2, 0.25) is 0 Å². The van der Waals surface area contributed by atoms with Crippen LogP contribution in [0.5, 0.6) is 0 Å². The van der Waals surface area contributed by atoms with Gasteiger partial charge in [0.25, 0.3) is 0 Å². The van der Waals surface area contributed by atoms with Crippen molar-refractivity contribution in [1.82, 2.24) is 0 Å². The summed E-state index contributed by atoms with van der Waals surface area (Å²) >= 11 is 0. The molecule has 0 aromatic rings. The van der Waals surface area contributed by atoms with Crippen molar-refractivity contribution in [3.05, 3.63) is 0 Å². The summed E-state index contributed by atoms with van der Waals surface area (Å²) in [5, 5.41) is 9.10. The summed E-state index contributed by atoms with van der Waals surface area (Å²) in [5.41, 5.74) is 0. The fourth-order valence-corrected chi connectivity index (χ4v) is 3.59. The molecule has 2 fully saturated rings. The van der Waals surface area contributed by atoms with Crippen LogP contribution in [0.1, 0.15) is 45.4 Å². The van der Waals surface area contributed by atoms with Crippen LogP contribution in [-0.4, -0.2) is 11.1 Å². The summed E-state index contributed by atoms with van der Waals surface area (Å²) in [4.78, 5) is 11.0. The van der Waals surface area contributed by atoms with Gasteiger partial charge in [-0.3, -0.25) is 4.79 Å². The maximum Gasteiger partial charge on any atom is 0.306 e. The number of hydrogen-bond donors (Lipinski definition) is 1. The Morgan fingerprint density at radius 3 is 2.57 bits per heavy atom. The number of hydrogen-bond acceptors (Lipinski definition) is 1. The molecule has 4 unspecified atom stereocenters. The van der Waals surface area contributed by atoms with Gasteiger partial charge >= 0.3 is 5.97 Å². The summed E-state index contributed by atoms with van der Waals surface area (Å²) in [6.07, 6.45) is 7.38. The molecule has 80 valence electrons. The predicted molar refractivity (Wildman–Crippen MR) is 55.0 cm³/mol. The van der Waals surface area contributed by atoms with Crippen molar-refractivity contribution in [3.8, 4) is 0 Å². The van der Waals surface area contributed by atoms with Crippen LogP contribution in [0.4, 0.5) is 0 Å². The van der Waals surface area contributed by atoms with Crippen molar-refractivity contribution in [2.24, 2.45) is 23.7 Å². The molecule has 2 heteroatoms. The number of carboxylic acid groups (broad SMARTS) is 1. The normalized spacial score (nSPS) is 42.9. The van der Waals surface area contributed by atoms with Gasteiger partial charge in [0.05, 0.1) is 5.92 Å². The molecule has 0 aromatic carbocycles. The third kappa shape index (κ3) is 1.67. The van der Waals surface area contributed by atoms with Crippen molar-refractivity contribution < 1.29 is 9.90 Å². The average molecular weight is 196 g/mol. The smallest absolute Gasteiger partial charge is 0.306 e. The Hall–Kier alpha value is -0.530. The van der Waals surface area contributed by atoms with Crippen molar-refractivity contribution in [1.29, 1.82) is 0 Å². The van der Waals surface area contributed by atoms with Gasteiger partial charge in [-0.25, -0.2) is 0 Å². The summed E-state index contributed by atoms with van der Waals surface area (Å²) < 4.78 is 0. The first-order valence-electron chi connectivity index (χ1n) is 5.93. The van der Waals surface area contributed by atoms with Gasteiger partial charge in [-0.1, -0.05) is 26.2 Å². The van der Waals surface area contributed by atoms with E-state index in [1.54, 1.807) is 0 Å². The molecule has 2 aliphatic carbocycles. The number of fused-ring (bicyclic) bond motifs is 1. The highest BCUT2D eigenvalue weighted by Gasteiger charge is 2.40. The zero-order chi connectivity index (χ0) is 10.1. The lowest BCUT2D eigenvalue weighted by Crippen LogP contribution is -2.38. The van der Waals surface area contributed by atoms with E-state index in [4.69, 9.17) is 5.11 Å². The van der Waals surface area contributed by atoms with Gasteiger partial charge in [-0.05, 0) is 37.0 Å². The summed E-state index contributed by atoms with van der Waals surface area (Å²) in [6, 6.07) is 0. The molecule has 0 amide bonds. The quantitative estimate of drug-likeness (QED) is 0.700. The van der Waals surface area contributed by atoms with Crippen molar-refractivity contribution in [2.45, 2.75) is 45.4 Å². The van der Waals surface area contributed by atoms with Crippen LogP contribution >= 0.6 is 0 Å². The van der Waals surface area contributed by atoms with E-state index in [1.165, 1.54) is 25.7 Å². The minimum absolute atomic E-state index is 0.0608. The van der Waals surface area contributed by atoms with E-state index in [0.29, 0.717) is 11.8 Å². The second kappa shape index (κ2) is 3.92. The topological polar surface area (TPSA) is 37.3 Å². The van der Waals surface area contributed by atoms with E-state index in [-0.39, 0.29) is 5.92 Å². The fraction of sp³-hybridized carbons (Fsp3) is 0.917. The zero-order valence-electron chi connectivity index (χ0n) is 8.91. The monoisotopic (exact) mass is 196 g/mol. The minimum Gasteiger partial charge on any atom is -0.481 e. The summed E-state index contributed by atoms with van der Waals surface area (Å²) in [6.45, 7) is 2.15. The average Bonchev–Trinajstić information content (AvgIpc) is 2.18. The number of carbonyl (C=O) groups is 1. The highest BCUT2D eigenvalue weighted by atomic mass is 16.4. The molecule has 14 heavy (non-hydrogen) atoms. The molecular weight excluding hydrogens is 176 g/mol. The molecule has 2 saturated carbocycles. The van der Waals surface area contributed by atoms with Gasteiger partial charge in [-0.15, -0.1) is 0 Å². The molecule has 0 radical (unpaired) electrons. The molecule has 2 nitrogen and oxygen atoms in total. The lowest BCUT2D eigenvalue weighted by Gasteiger charge is -2.42. The minimum atomic E-state index is -0.568. The van der Waals surface area contributed by atoms with Crippen LogP contribution in [0.15, 0.2) is 0 Å². The Balaban J connectivity index is 2.06. The molecule has 0 bridgehead atoms. The lowest BCUT2D eigenvalue weighted by molar-refractivity contribution is -0.147. The van der Waals surface area contributed by atoms with Crippen LogP contribution in [0, 0.1) is 23.7 Å². The van der Waals surface area contributed by atoms with Gasteiger partial charge in [0, 0.05) is 0 Å². The van der Waals surface area contributed by atoms with Gasteiger partial charge in [0.1, 0.15) is 0 Å². The highest BCUT2D eigenvalue weighted by Crippen LogP contribution is 2.46. The fourth-order valence-electron chi connectivity index (χ4n) is 3.59. The second-order valence-corrected chi connectivity index (χ2v) is 5.09. The molecule has 2 rings (SSSR count). The van der Waals surface area contributed by atoms with Crippen LogP contribution in [-0.2, 0) is 4.79 Å². The lowest BCUT2D eigenvalue weighted by atomic mass is 9.62. The van der Waals surface area contributed by atoms with Gasteiger partial charge in [0.15, 0.2) is 0 Å². The number of carboxylic acids is 1. The van der Waals surface area contributed by atoms with Crippen molar-refractivity contribution >= 4 is 5.97 Å². The maximum atomic E-state index is 11.0. The standard InChI is InChI=1S/C12H20O2/c1-8-10-5-3-2-4-9(10)6-7-11(8)12(13)14/h8-11H,2-7H2,1H3,(H,13,14). The summed E-state index contributed by atoms with van der Waals surface area (Å²) in [5.74, 6) is 1.33. The van der Waals surface area contributed by atoms with Crippen LogP contribution in [0.2, 0.25) is 0 Å². The van der Waals surface area contributed by atoms with Crippen LogP contribution in [0.3, 0.4) is 0 Å². The first-order chi connectivity index (χ1) is 6.70. The van der Waals surface area contributed by atoms with E-state index in [0.717, 1.165) is 18.8 Å². The third-order valence-corrected chi connectivity index (χ3v) is 4.44. The van der Waals surface area contributed by atoms with E-state index in [2.05, 4.69) is 6.92 Å². The molecular formula is C12H20O2. The molecule has 2 aliphatic rings. The Morgan fingerprint density at radius 1 is 1.14 bits per heavy atom. The Morgan fingerprint density at radius 2 is 1.86 bits per heavy atom. The third-order valence-electron chi connectivity index (χ3n) is 4.44. The Labute approximate surface area is 85.7 Å². The molecule has 0 aliphatic heterocycles.